The number of nitrogens with zero attached hydrogens (tertiary/aromatic N) is 4. The second kappa shape index (κ2) is 7.10. The van der Waals surface area contributed by atoms with E-state index < -0.39 is 5.97 Å². The molecule has 2 heterocycles. The van der Waals surface area contributed by atoms with Gasteiger partial charge in [0.25, 0.3) is 0 Å². The van der Waals surface area contributed by atoms with Crippen molar-refractivity contribution in [2.45, 2.75) is 6.92 Å². The Morgan fingerprint density at radius 2 is 2.12 bits per heavy atom. The summed E-state index contributed by atoms with van der Waals surface area (Å²) in [7, 11) is 0. The molecule has 0 amide bonds. The molecule has 3 rings (SSSR count). The Bertz CT molecular complexity index is 871. The van der Waals surface area contributed by atoms with Gasteiger partial charge in [0.15, 0.2) is 0 Å². The highest BCUT2D eigenvalue weighted by molar-refractivity contribution is 6.33. The average Bonchev–Trinajstić information content (AvgIpc) is 3.25. The average molecular weight is 345 g/mol. The minimum atomic E-state index is -0.456. The van der Waals surface area contributed by atoms with E-state index in [9.17, 15) is 4.79 Å². The van der Waals surface area contributed by atoms with Crippen LogP contribution in [0.2, 0.25) is 5.02 Å². The summed E-state index contributed by atoms with van der Waals surface area (Å²) in [6.45, 7) is 2.03. The van der Waals surface area contributed by atoms with Gasteiger partial charge in [-0.05, 0) is 30.7 Å². The first-order valence-electron chi connectivity index (χ1n) is 7.12. The monoisotopic (exact) mass is 344 g/mol. The van der Waals surface area contributed by atoms with Gasteiger partial charge in [0.2, 0.25) is 0 Å². The molecule has 0 saturated heterocycles. The SMILES string of the molecule is CCOC(=O)c1cc(-c2coc(/C=N\n3cnnc3)c2)ccc1Cl. The number of carbonyl (C=O) groups is 1. The van der Waals surface area contributed by atoms with Crippen LogP contribution in [0.1, 0.15) is 23.0 Å². The summed E-state index contributed by atoms with van der Waals surface area (Å²) < 4.78 is 11.9. The largest absolute Gasteiger partial charge is 0.463 e. The zero-order chi connectivity index (χ0) is 16.9. The fourth-order valence-corrected chi connectivity index (χ4v) is 2.22. The van der Waals surface area contributed by atoms with E-state index in [0.717, 1.165) is 11.1 Å². The first kappa shape index (κ1) is 15.9. The smallest absolute Gasteiger partial charge is 0.339 e. The zero-order valence-corrected chi connectivity index (χ0v) is 13.5. The molecule has 0 aliphatic heterocycles. The molecule has 3 aromatic rings. The van der Waals surface area contributed by atoms with Crippen molar-refractivity contribution in [1.29, 1.82) is 0 Å². The summed E-state index contributed by atoms with van der Waals surface area (Å²) in [5.74, 6) is 0.0913. The van der Waals surface area contributed by atoms with E-state index >= 15 is 0 Å². The lowest BCUT2D eigenvalue weighted by atomic mass is 10.1. The normalized spacial score (nSPS) is 11.1. The van der Waals surface area contributed by atoms with E-state index in [0.29, 0.717) is 16.3 Å². The summed E-state index contributed by atoms with van der Waals surface area (Å²) in [6, 6.07) is 6.93. The predicted octanol–water partition coefficient (Wildman–Crippen LogP) is 3.25. The molecule has 0 spiro atoms. The van der Waals surface area contributed by atoms with E-state index in [1.807, 2.05) is 0 Å². The Morgan fingerprint density at radius 3 is 2.88 bits per heavy atom. The van der Waals surface area contributed by atoms with Gasteiger partial charge in [-0.3, -0.25) is 0 Å². The number of rotatable bonds is 5. The summed E-state index contributed by atoms with van der Waals surface area (Å²) in [4.78, 5) is 11.9. The Morgan fingerprint density at radius 1 is 1.33 bits per heavy atom. The third-order valence-corrected chi connectivity index (χ3v) is 3.47. The molecule has 8 heteroatoms. The van der Waals surface area contributed by atoms with Crippen LogP contribution in [0.4, 0.5) is 0 Å². The minimum absolute atomic E-state index is 0.287. The predicted molar refractivity (Wildman–Crippen MR) is 88.1 cm³/mol. The number of esters is 1. The van der Waals surface area contributed by atoms with Crippen molar-refractivity contribution in [2.75, 3.05) is 6.61 Å². The van der Waals surface area contributed by atoms with Crippen molar-refractivity contribution in [2.24, 2.45) is 5.10 Å². The van der Waals surface area contributed by atoms with Gasteiger partial charge in [0.1, 0.15) is 18.4 Å². The number of benzene rings is 1. The lowest BCUT2D eigenvalue weighted by Gasteiger charge is -2.06. The van der Waals surface area contributed by atoms with Crippen LogP contribution in [0.25, 0.3) is 11.1 Å². The molecule has 0 aliphatic rings. The molecule has 0 fully saturated rings. The van der Waals surface area contributed by atoms with Crippen LogP contribution < -0.4 is 0 Å². The van der Waals surface area contributed by atoms with Crippen molar-refractivity contribution >= 4 is 23.8 Å². The molecule has 0 unspecified atom stereocenters. The summed E-state index contributed by atoms with van der Waals surface area (Å²) in [5, 5.41) is 11.7. The van der Waals surface area contributed by atoms with E-state index in [2.05, 4.69) is 15.3 Å². The molecule has 0 saturated carbocycles. The highest BCUT2D eigenvalue weighted by Crippen LogP contribution is 2.27. The van der Waals surface area contributed by atoms with E-state index in [4.69, 9.17) is 20.8 Å². The van der Waals surface area contributed by atoms with Gasteiger partial charge in [-0.25, -0.2) is 9.47 Å². The van der Waals surface area contributed by atoms with Crippen molar-refractivity contribution in [3.05, 3.63) is 59.5 Å². The lowest BCUT2D eigenvalue weighted by Crippen LogP contribution is -2.05. The summed E-state index contributed by atoms with van der Waals surface area (Å²) >= 11 is 6.07. The molecular weight excluding hydrogens is 332 g/mol. The third kappa shape index (κ3) is 3.52. The quantitative estimate of drug-likeness (QED) is 0.524. The van der Waals surface area contributed by atoms with Crippen molar-refractivity contribution in [3.63, 3.8) is 0 Å². The Kier molecular flexibility index (Phi) is 4.72. The molecule has 0 aliphatic carbocycles. The second-order valence-corrected chi connectivity index (χ2v) is 5.15. The minimum Gasteiger partial charge on any atom is -0.463 e. The molecule has 24 heavy (non-hydrogen) atoms. The van der Waals surface area contributed by atoms with Crippen molar-refractivity contribution in [3.8, 4) is 11.1 Å². The van der Waals surface area contributed by atoms with Gasteiger partial charge in [-0.15, -0.1) is 10.2 Å². The highest BCUT2D eigenvalue weighted by Gasteiger charge is 2.13. The third-order valence-electron chi connectivity index (χ3n) is 3.14. The summed E-state index contributed by atoms with van der Waals surface area (Å²) in [5.41, 5.74) is 1.90. The maximum absolute atomic E-state index is 11.9. The van der Waals surface area contributed by atoms with Crippen LogP contribution in [0.5, 0.6) is 0 Å². The number of hydrogen-bond acceptors (Lipinski definition) is 6. The van der Waals surface area contributed by atoms with E-state index in [1.54, 1.807) is 37.5 Å². The molecule has 1 aromatic carbocycles. The van der Waals surface area contributed by atoms with Crippen LogP contribution in [0.15, 0.2) is 52.7 Å². The van der Waals surface area contributed by atoms with Crippen molar-refractivity contribution in [1.82, 2.24) is 14.9 Å². The number of furan rings is 1. The van der Waals surface area contributed by atoms with Gasteiger partial charge >= 0.3 is 5.97 Å². The maximum atomic E-state index is 11.9. The van der Waals surface area contributed by atoms with Crippen LogP contribution in [-0.2, 0) is 4.74 Å². The molecule has 122 valence electrons. The maximum Gasteiger partial charge on any atom is 0.339 e. The number of halogens is 1. The summed E-state index contributed by atoms with van der Waals surface area (Å²) in [6.07, 6.45) is 6.04. The zero-order valence-electron chi connectivity index (χ0n) is 12.7. The Balaban J connectivity index is 1.84. The molecule has 2 aromatic heterocycles. The number of aromatic nitrogens is 3. The molecule has 0 radical (unpaired) electrons. The van der Waals surface area contributed by atoms with Gasteiger partial charge in [-0.2, -0.15) is 5.10 Å². The lowest BCUT2D eigenvalue weighted by molar-refractivity contribution is 0.0526. The number of carbonyl (C=O) groups excluding carboxylic acids is 1. The topological polar surface area (TPSA) is 82.5 Å². The standard InChI is InChI=1S/C16H13ClN4O3/c1-2-23-16(22)14-6-11(3-4-15(14)17)12-5-13(24-8-12)7-20-21-9-18-19-10-21/h3-10H,2H2,1H3/b20-7-. The van der Waals surface area contributed by atoms with Gasteiger partial charge in [0.05, 0.1) is 29.7 Å². The highest BCUT2D eigenvalue weighted by atomic mass is 35.5. The van der Waals surface area contributed by atoms with Crippen molar-refractivity contribution < 1.29 is 13.9 Å². The Labute approximate surface area is 142 Å². The number of ether oxygens (including phenoxy) is 1. The van der Waals surface area contributed by atoms with Crippen LogP contribution in [0, 0.1) is 0 Å². The number of hydrogen-bond donors (Lipinski definition) is 0. The second-order valence-electron chi connectivity index (χ2n) is 4.74. The van der Waals surface area contributed by atoms with Crippen LogP contribution >= 0.6 is 11.6 Å². The first-order chi connectivity index (χ1) is 11.7. The van der Waals surface area contributed by atoms with Crippen LogP contribution in [0.3, 0.4) is 0 Å². The van der Waals surface area contributed by atoms with Gasteiger partial charge in [-0.1, -0.05) is 17.7 Å². The first-order valence-corrected chi connectivity index (χ1v) is 7.49. The molecule has 0 N–H and O–H groups in total. The van der Waals surface area contributed by atoms with Gasteiger partial charge < -0.3 is 9.15 Å². The van der Waals surface area contributed by atoms with E-state index in [1.165, 1.54) is 23.5 Å². The molecule has 7 nitrogen and oxygen atoms in total. The fraction of sp³-hybridized carbons (Fsp3) is 0.125. The van der Waals surface area contributed by atoms with E-state index in [-0.39, 0.29) is 6.61 Å². The molecular formula is C16H13ClN4O3. The van der Waals surface area contributed by atoms with Crippen LogP contribution in [-0.4, -0.2) is 33.7 Å². The molecule has 0 atom stereocenters. The molecule has 0 bridgehead atoms. The van der Waals surface area contributed by atoms with Gasteiger partial charge in [0, 0.05) is 5.56 Å². The Hall–Kier alpha value is -2.93. The fourth-order valence-electron chi connectivity index (χ4n) is 2.02.